The van der Waals surface area contributed by atoms with Crippen molar-refractivity contribution in [3.63, 3.8) is 0 Å². The number of aromatic nitrogens is 2. The van der Waals surface area contributed by atoms with E-state index in [2.05, 4.69) is 46.2 Å². The van der Waals surface area contributed by atoms with Crippen LogP contribution in [0.5, 0.6) is 0 Å². The summed E-state index contributed by atoms with van der Waals surface area (Å²) in [6.07, 6.45) is 6.66. The summed E-state index contributed by atoms with van der Waals surface area (Å²) < 4.78 is 0. The van der Waals surface area contributed by atoms with Crippen LogP contribution < -0.4 is 0 Å². The number of H-pyrrole nitrogens is 1. The van der Waals surface area contributed by atoms with Crippen molar-refractivity contribution < 1.29 is 5.11 Å². The molecule has 4 heterocycles. The van der Waals surface area contributed by atoms with Gasteiger partial charge in [0.15, 0.2) is 0 Å². The maximum Gasteiger partial charge on any atom is 0.0545 e. The molecule has 4 heteroatoms. The molecule has 1 aromatic carbocycles. The lowest BCUT2D eigenvalue weighted by Crippen LogP contribution is -2.41. The van der Waals surface area contributed by atoms with Gasteiger partial charge < -0.3 is 10.1 Å². The van der Waals surface area contributed by atoms with Crippen LogP contribution in [0.3, 0.4) is 0 Å². The van der Waals surface area contributed by atoms with E-state index >= 15 is 0 Å². The van der Waals surface area contributed by atoms with E-state index in [4.69, 9.17) is 0 Å². The zero-order valence-electron chi connectivity index (χ0n) is 13.8. The maximum absolute atomic E-state index is 9.38. The molecule has 0 amide bonds. The van der Waals surface area contributed by atoms with Crippen LogP contribution in [-0.2, 0) is 19.3 Å². The summed E-state index contributed by atoms with van der Waals surface area (Å²) in [6.45, 7) is 0.181. The fraction of sp³-hybridized carbons (Fsp3) is 0.350. The van der Waals surface area contributed by atoms with Gasteiger partial charge in [-0.25, -0.2) is 0 Å². The first-order chi connectivity index (χ1) is 11.8. The second kappa shape index (κ2) is 5.16. The van der Waals surface area contributed by atoms with Crippen molar-refractivity contribution >= 4 is 10.9 Å². The molecule has 2 aliphatic rings. The number of pyridine rings is 1. The molecule has 0 saturated heterocycles. The third kappa shape index (κ3) is 1.84. The molecule has 0 fully saturated rings. The van der Waals surface area contributed by atoms with E-state index in [9.17, 15) is 5.11 Å². The Morgan fingerprint density at radius 2 is 2.00 bits per heavy atom. The smallest absolute Gasteiger partial charge is 0.0545 e. The van der Waals surface area contributed by atoms with E-state index in [0.29, 0.717) is 18.5 Å². The number of aliphatic hydroxyl groups is 1. The van der Waals surface area contributed by atoms with Gasteiger partial charge >= 0.3 is 0 Å². The first kappa shape index (κ1) is 14.2. The number of hydrogen-bond acceptors (Lipinski definition) is 3. The Hall–Kier alpha value is -2.17. The first-order valence-corrected chi connectivity index (χ1v) is 8.66. The fourth-order valence-corrected chi connectivity index (χ4v) is 4.67. The highest BCUT2D eigenvalue weighted by atomic mass is 16.2. The summed E-state index contributed by atoms with van der Waals surface area (Å²) in [6, 6.07) is 9.36. The molecular weight excluding hydrogens is 298 g/mol. The third-order valence-electron chi connectivity index (χ3n) is 5.88. The van der Waals surface area contributed by atoms with Crippen LogP contribution in [0.4, 0.5) is 0 Å². The Balaban J connectivity index is 1.70. The van der Waals surface area contributed by atoms with Gasteiger partial charge in [0.25, 0.3) is 0 Å². The van der Waals surface area contributed by atoms with Gasteiger partial charge in [-0.15, -0.1) is 0 Å². The van der Waals surface area contributed by atoms with Crippen LogP contribution in [0, 0.1) is 0 Å². The molecule has 5 rings (SSSR count). The van der Waals surface area contributed by atoms with Crippen LogP contribution in [-0.4, -0.2) is 33.6 Å². The highest BCUT2D eigenvalue weighted by Crippen LogP contribution is 2.48. The monoisotopic (exact) mass is 319 g/mol. The van der Waals surface area contributed by atoms with E-state index in [-0.39, 0.29) is 6.61 Å². The number of rotatable bonds is 2. The number of aliphatic hydroxyl groups excluding tert-OH is 1. The SMILES string of the molecule is CN1C2Cc3c([nH]c4ccccc34)C1Cc1c(CCO)cncc12. The summed E-state index contributed by atoms with van der Waals surface area (Å²) in [4.78, 5) is 10.6. The van der Waals surface area contributed by atoms with E-state index in [1.165, 1.54) is 38.9 Å². The van der Waals surface area contributed by atoms with Crippen molar-refractivity contribution in [1.29, 1.82) is 0 Å². The first-order valence-electron chi connectivity index (χ1n) is 8.66. The predicted molar refractivity (Wildman–Crippen MR) is 94.0 cm³/mol. The molecule has 122 valence electrons. The largest absolute Gasteiger partial charge is 0.396 e. The molecule has 0 aliphatic carbocycles. The summed E-state index contributed by atoms with van der Waals surface area (Å²) in [7, 11) is 2.23. The standard InChI is InChI=1S/C20H21N3O/c1-23-18-9-15-13-4-2-3-5-17(13)22-20(15)19(23)8-14-12(6-7-24)10-21-11-16(14)18/h2-5,10-11,18-19,22,24H,6-9H2,1H3. The van der Waals surface area contributed by atoms with Gasteiger partial charge in [-0.2, -0.15) is 0 Å². The number of aromatic amines is 1. The average molecular weight is 319 g/mol. The molecule has 0 spiro atoms. The molecule has 2 N–H and O–H groups in total. The van der Waals surface area contributed by atoms with Crippen LogP contribution in [0.2, 0.25) is 0 Å². The Morgan fingerprint density at radius 1 is 1.17 bits per heavy atom. The van der Waals surface area contributed by atoms with Gasteiger partial charge in [0.2, 0.25) is 0 Å². The molecule has 0 saturated carbocycles. The van der Waals surface area contributed by atoms with Crippen LogP contribution >= 0.6 is 0 Å². The zero-order valence-corrected chi connectivity index (χ0v) is 13.8. The van der Waals surface area contributed by atoms with Crippen LogP contribution in [0.15, 0.2) is 36.7 Å². The summed E-state index contributed by atoms with van der Waals surface area (Å²) >= 11 is 0. The molecular formula is C20H21N3O. The minimum absolute atomic E-state index is 0.181. The van der Waals surface area contributed by atoms with Gasteiger partial charge in [-0.1, -0.05) is 18.2 Å². The van der Waals surface area contributed by atoms with Gasteiger partial charge in [-0.3, -0.25) is 9.88 Å². The number of nitrogens with one attached hydrogen (secondary N) is 1. The van der Waals surface area contributed by atoms with Crippen molar-refractivity contribution in [2.45, 2.75) is 31.3 Å². The average Bonchev–Trinajstić information content (AvgIpc) is 2.95. The van der Waals surface area contributed by atoms with E-state index in [1.807, 2.05) is 12.4 Å². The second-order valence-electron chi connectivity index (χ2n) is 7.01. The molecule has 2 aliphatic heterocycles. The maximum atomic E-state index is 9.38. The van der Waals surface area contributed by atoms with Crippen LogP contribution in [0.1, 0.15) is 40.0 Å². The molecule has 2 bridgehead atoms. The number of para-hydroxylation sites is 1. The fourth-order valence-electron chi connectivity index (χ4n) is 4.67. The number of likely N-dealkylation sites (N-methyl/N-ethyl adjacent to an activating group) is 1. The quantitative estimate of drug-likeness (QED) is 0.763. The zero-order chi connectivity index (χ0) is 16.3. The number of hydrogen-bond donors (Lipinski definition) is 2. The Labute approximate surface area is 141 Å². The second-order valence-corrected chi connectivity index (χ2v) is 7.01. The molecule has 0 radical (unpaired) electrons. The number of benzene rings is 1. The Bertz CT molecular complexity index is 930. The van der Waals surface area contributed by atoms with Crippen molar-refractivity contribution in [2.24, 2.45) is 0 Å². The van der Waals surface area contributed by atoms with Gasteiger partial charge in [0.1, 0.15) is 0 Å². The van der Waals surface area contributed by atoms with E-state index < -0.39 is 0 Å². The van der Waals surface area contributed by atoms with Gasteiger partial charge in [-0.05, 0) is 54.6 Å². The van der Waals surface area contributed by atoms with Crippen molar-refractivity contribution in [1.82, 2.24) is 14.9 Å². The lowest BCUT2D eigenvalue weighted by Gasteiger charge is -2.45. The summed E-state index contributed by atoms with van der Waals surface area (Å²) in [5, 5.41) is 10.7. The topological polar surface area (TPSA) is 52.2 Å². The normalized spacial score (nSPS) is 22.4. The molecule has 3 aromatic rings. The van der Waals surface area contributed by atoms with Crippen molar-refractivity contribution in [2.75, 3.05) is 13.7 Å². The minimum atomic E-state index is 0.181. The summed E-state index contributed by atoms with van der Waals surface area (Å²) in [5.41, 5.74) is 8.02. The minimum Gasteiger partial charge on any atom is -0.396 e. The third-order valence-corrected chi connectivity index (χ3v) is 5.88. The molecule has 24 heavy (non-hydrogen) atoms. The lowest BCUT2D eigenvalue weighted by atomic mass is 9.78. The number of nitrogens with zero attached hydrogens (tertiary/aromatic N) is 2. The Kier molecular flexibility index (Phi) is 3.05. The molecule has 2 aromatic heterocycles. The van der Waals surface area contributed by atoms with E-state index in [0.717, 1.165) is 12.8 Å². The molecule has 2 atom stereocenters. The highest BCUT2D eigenvalue weighted by molar-refractivity contribution is 5.85. The Morgan fingerprint density at radius 3 is 2.88 bits per heavy atom. The van der Waals surface area contributed by atoms with E-state index in [1.54, 1.807) is 0 Å². The highest BCUT2D eigenvalue weighted by Gasteiger charge is 2.40. The predicted octanol–water partition coefficient (Wildman–Crippen LogP) is 2.92. The van der Waals surface area contributed by atoms with Crippen molar-refractivity contribution in [3.05, 3.63) is 64.6 Å². The van der Waals surface area contributed by atoms with Gasteiger partial charge in [0, 0.05) is 41.6 Å². The number of fused-ring (bicyclic) bond motifs is 8. The van der Waals surface area contributed by atoms with Crippen molar-refractivity contribution in [3.8, 4) is 0 Å². The lowest BCUT2D eigenvalue weighted by molar-refractivity contribution is 0.135. The molecule has 4 nitrogen and oxygen atoms in total. The summed E-state index contributed by atoms with van der Waals surface area (Å²) in [5.74, 6) is 0. The van der Waals surface area contributed by atoms with Gasteiger partial charge in [0.05, 0.1) is 6.04 Å². The van der Waals surface area contributed by atoms with Crippen LogP contribution in [0.25, 0.3) is 10.9 Å². The molecule has 2 unspecified atom stereocenters.